The van der Waals surface area contributed by atoms with Gasteiger partial charge in [0.2, 0.25) is 4.96 Å². The Morgan fingerprint density at radius 1 is 1.26 bits per heavy atom. The number of fused-ring (bicyclic) bond motifs is 1. The Morgan fingerprint density at radius 2 is 2.04 bits per heavy atom. The van der Waals surface area contributed by atoms with Crippen molar-refractivity contribution in [2.45, 2.75) is 24.2 Å². The highest BCUT2D eigenvalue weighted by Crippen LogP contribution is 2.27. The first-order chi connectivity index (χ1) is 11.1. The molecule has 0 amide bonds. The average Bonchev–Trinajstić information content (AvgIpc) is 3.12. The number of thioether (sulfide) groups is 1. The molecule has 1 aromatic carbocycles. The van der Waals surface area contributed by atoms with E-state index in [2.05, 4.69) is 53.4 Å². The van der Waals surface area contributed by atoms with Gasteiger partial charge in [0.15, 0.2) is 10.2 Å². The molecule has 3 aromatic rings. The Bertz CT molecular complexity index is 791. The Hall–Kier alpha value is -1.70. The van der Waals surface area contributed by atoms with Crippen LogP contribution in [0.25, 0.3) is 11.0 Å². The number of rotatable bonds is 6. The maximum Gasteiger partial charge on any atom is 0.235 e. The second-order valence-electron chi connectivity index (χ2n) is 5.51. The van der Waals surface area contributed by atoms with Crippen molar-refractivity contribution in [2.75, 3.05) is 5.75 Å². The predicted octanol–water partition coefficient (Wildman–Crippen LogP) is 3.65. The smallest absolute Gasteiger partial charge is 0.235 e. The summed E-state index contributed by atoms with van der Waals surface area (Å²) in [4.78, 5) is 0.797. The molecule has 2 aromatic heterocycles. The minimum atomic E-state index is -0.150. The quantitative estimate of drug-likeness (QED) is 0.691. The molecule has 2 heterocycles. The number of nitrogens with two attached hydrogens (primary N) is 1. The van der Waals surface area contributed by atoms with Crippen LogP contribution in [0, 0.1) is 5.92 Å². The van der Waals surface area contributed by atoms with E-state index in [9.17, 15) is 0 Å². The van der Waals surface area contributed by atoms with Crippen LogP contribution in [-0.4, -0.2) is 25.6 Å². The molecule has 0 aliphatic heterocycles. The lowest BCUT2D eigenvalue weighted by atomic mass is 10.1. The Labute approximate surface area is 143 Å². The topological polar surface area (TPSA) is 69.1 Å². The van der Waals surface area contributed by atoms with E-state index in [1.165, 1.54) is 5.56 Å². The molecule has 1 atom stereocenters. The van der Waals surface area contributed by atoms with Crippen LogP contribution in [0.4, 0.5) is 0 Å². The maximum atomic E-state index is 6.17. The molecule has 3 rings (SSSR count). The monoisotopic (exact) mass is 345 g/mol. The van der Waals surface area contributed by atoms with Gasteiger partial charge in [0.25, 0.3) is 0 Å². The van der Waals surface area contributed by atoms with Crippen LogP contribution in [0.2, 0.25) is 0 Å². The first-order valence-corrected chi connectivity index (χ1v) is 9.27. The Morgan fingerprint density at radius 3 is 2.78 bits per heavy atom. The summed E-state index contributed by atoms with van der Waals surface area (Å²) < 4.78 is 2.75. The zero-order valence-electron chi connectivity index (χ0n) is 13.1. The fraction of sp³-hybridized carbons (Fsp3) is 0.312. The summed E-state index contributed by atoms with van der Waals surface area (Å²) in [7, 11) is 0. The standard InChI is InChI=1S/C16H19N5S2/c1-11(2)13(17)14-18-19-15-21(14)20-16(23-15)22-10-6-9-12-7-4-3-5-8-12/h3-9,11,13H,10,17H2,1-2H3/b9-6+/t13-/m0/s1. The Kier molecular flexibility index (Phi) is 5.09. The van der Waals surface area contributed by atoms with Gasteiger partial charge < -0.3 is 5.73 Å². The highest BCUT2D eigenvalue weighted by molar-refractivity contribution is 8.01. The van der Waals surface area contributed by atoms with Crippen LogP contribution in [0.3, 0.4) is 0 Å². The summed E-state index contributed by atoms with van der Waals surface area (Å²) in [5.74, 6) is 1.90. The number of benzene rings is 1. The van der Waals surface area contributed by atoms with Gasteiger partial charge in [-0.15, -0.1) is 15.3 Å². The van der Waals surface area contributed by atoms with Crippen molar-refractivity contribution in [1.29, 1.82) is 0 Å². The maximum absolute atomic E-state index is 6.17. The number of hydrogen-bond donors (Lipinski definition) is 1. The van der Waals surface area contributed by atoms with E-state index in [-0.39, 0.29) is 6.04 Å². The van der Waals surface area contributed by atoms with Gasteiger partial charge in [0, 0.05) is 5.75 Å². The largest absolute Gasteiger partial charge is 0.321 e. The highest BCUT2D eigenvalue weighted by Gasteiger charge is 2.20. The van der Waals surface area contributed by atoms with Gasteiger partial charge in [-0.3, -0.25) is 0 Å². The number of nitrogens with zero attached hydrogens (tertiary/aromatic N) is 4. The molecule has 120 valence electrons. The summed E-state index contributed by atoms with van der Waals surface area (Å²) in [5, 5.41) is 12.9. The van der Waals surface area contributed by atoms with E-state index >= 15 is 0 Å². The lowest BCUT2D eigenvalue weighted by molar-refractivity contribution is 0.479. The van der Waals surface area contributed by atoms with Crippen LogP contribution in [0.1, 0.15) is 31.3 Å². The predicted molar refractivity (Wildman–Crippen MR) is 96.6 cm³/mol. The third-order valence-corrected chi connectivity index (χ3v) is 5.41. The molecule has 0 unspecified atom stereocenters. The molecule has 0 aliphatic rings. The van der Waals surface area contributed by atoms with Gasteiger partial charge >= 0.3 is 0 Å². The van der Waals surface area contributed by atoms with Crippen molar-refractivity contribution in [3.05, 3.63) is 47.8 Å². The molecule has 0 bridgehead atoms. The van der Waals surface area contributed by atoms with Crippen molar-refractivity contribution in [2.24, 2.45) is 11.7 Å². The van der Waals surface area contributed by atoms with E-state index in [0.717, 1.165) is 20.9 Å². The summed E-state index contributed by atoms with van der Waals surface area (Å²) >= 11 is 3.24. The van der Waals surface area contributed by atoms with Gasteiger partial charge in [0.05, 0.1) is 6.04 Å². The lowest BCUT2D eigenvalue weighted by Crippen LogP contribution is -2.20. The fourth-order valence-corrected chi connectivity index (χ4v) is 3.77. The third-order valence-electron chi connectivity index (χ3n) is 3.43. The molecule has 0 fully saturated rings. The van der Waals surface area contributed by atoms with Crippen LogP contribution >= 0.6 is 23.1 Å². The zero-order chi connectivity index (χ0) is 16.2. The van der Waals surface area contributed by atoms with Crippen LogP contribution < -0.4 is 5.73 Å². The molecule has 0 saturated heterocycles. The lowest BCUT2D eigenvalue weighted by Gasteiger charge is -2.11. The van der Waals surface area contributed by atoms with Crippen molar-refractivity contribution in [3.63, 3.8) is 0 Å². The molecule has 0 spiro atoms. The first kappa shape index (κ1) is 16.2. The fourth-order valence-electron chi connectivity index (χ4n) is 2.05. The van der Waals surface area contributed by atoms with Crippen molar-refractivity contribution >= 4 is 34.1 Å². The summed E-state index contributed by atoms with van der Waals surface area (Å²) in [5.41, 5.74) is 7.37. The summed E-state index contributed by atoms with van der Waals surface area (Å²) in [6.45, 7) is 4.14. The van der Waals surface area contributed by atoms with Crippen LogP contribution in [0.5, 0.6) is 0 Å². The Balaban J connectivity index is 1.66. The molecular formula is C16H19N5S2. The second-order valence-corrected chi connectivity index (χ2v) is 7.74. The molecule has 7 heteroatoms. The van der Waals surface area contributed by atoms with Gasteiger partial charge in [0.1, 0.15) is 0 Å². The van der Waals surface area contributed by atoms with Gasteiger partial charge in [-0.05, 0) is 11.5 Å². The molecular weight excluding hydrogens is 326 g/mol. The van der Waals surface area contributed by atoms with Crippen molar-refractivity contribution in [3.8, 4) is 0 Å². The van der Waals surface area contributed by atoms with Gasteiger partial charge in [-0.2, -0.15) is 4.52 Å². The molecule has 23 heavy (non-hydrogen) atoms. The second kappa shape index (κ2) is 7.25. The van der Waals surface area contributed by atoms with Crippen LogP contribution in [0.15, 0.2) is 40.7 Å². The van der Waals surface area contributed by atoms with Crippen LogP contribution in [-0.2, 0) is 0 Å². The van der Waals surface area contributed by atoms with E-state index in [4.69, 9.17) is 5.73 Å². The van der Waals surface area contributed by atoms with E-state index in [1.54, 1.807) is 27.6 Å². The number of hydrogen-bond acceptors (Lipinski definition) is 6. The SMILES string of the molecule is CC(C)[C@H](N)c1nnc2sc(SC/C=C/c3ccccc3)nn12. The van der Waals surface area contributed by atoms with Crippen molar-refractivity contribution in [1.82, 2.24) is 19.8 Å². The minimum absolute atomic E-state index is 0.150. The summed E-state index contributed by atoms with van der Waals surface area (Å²) in [6.07, 6.45) is 4.26. The molecule has 0 saturated carbocycles. The van der Waals surface area contributed by atoms with E-state index in [1.807, 2.05) is 18.2 Å². The minimum Gasteiger partial charge on any atom is -0.321 e. The molecule has 5 nitrogen and oxygen atoms in total. The zero-order valence-corrected chi connectivity index (χ0v) is 14.7. The molecule has 0 aliphatic carbocycles. The third kappa shape index (κ3) is 3.80. The van der Waals surface area contributed by atoms with Crippen molar-refractivity contribution < 1.29 is 0 Å². The average molecular weight is 345 g/mol. The molecule has 2 N–H and O–H groups in total. The first-order valence-electron chi connectivity index (χ1n) is 7.47. The number of aromatic nitrogens is 4. The van der Waals surface area contributed by atoms with Gasteiger partial charge in [-0.25, -0.2) is 0 Å². The van der Waals surface area contributed by atoms with Gasteiger partial charge in [-0.1, -0.05) is 79.4 Å². The summed E-state index contributed by atoms with van der Waals surface area (Å²) in [6, 6.07) is 10.1. The van der Waals surface area contributed by atoms with E-state index in [0.29, 0.717) is 5.92 Å². The normalized spacial score (nSPS) is 13.4. The highest BCUT2D eigenvalue weighted by atomic mass is 32.2. The molecule has 0 radical (unpaired) electrons. The van der Waals surface area contributed by atoms with E-state index < -0.39 is 0 Å².